The predicted molar refractivity (Wildman–Crippen MR) is 136 cm³/mol. The number of aromatic nitrogens is 1. The highest BCUT2D eigenvalue weighted by molar-refractivity contribution is 5.85. The second-order valence-electron chi connectivity index (χ2n) is 8.99. The lowest BCUT2D eigenvalue weighted by Crippen LogP contribution is -2.43. The fraction of sp³-hybridized carbons (Fsp3) is 0.423. The number of ether oxygens (including phenoxy) is 2. The maximum Gasteiger partial charge on any atom is 0.251 e. The first kappa shape index (κ1) is 24.4. The number of benzene rings is 2. The molecule has 2 aliphatic heterocycles. The summed E-state index contributed by atoms with van der Waals surface area (Å²) in [6.45, 7) is 7.42. The van der Waals surface area contributed by atoms with Crippen molar-refractivity contribution in [1.29, 1.82) is 0 Å². The van der Waals surface area contributed by atoms with Gasteiger partial charge in [-0.05, 0) is 68.2 Å². The number of nitrogens with zero attached hydrogens (tertiary/aromatic N) is 2. The highest BCUT2D eigenvalue weighted by Gasteiger charge is 2.20. The van der Waals surface area contributed by atoms with Gasteiger partial charge in [-0.3, -0.25) is 4.79 Å². The van der Waals surface area contributed by atoms with Crippen LogP contribution in [0.1, 0.15) is 24.0 Å². The molecule has 8 heteroatoms. The molecule has 3 aromatic rings. The zero-order valence-electron chi connectivity index (χ0n) is 19.5. The normalized spacial score (nSPS) is 16.4. The second-order valence-corrected chi connectivity index (χ2v) is 8.99. The smallest absolute Gasteiger partial charge is 0.251 e. The average molecular weight is 486 g/mol. The van der Waals surface area contributed by atoms with E-state index in [1.165, 1.54) is 5.56 Å². The lowest BCUT2D eigenvalue weighted by Gasteiger charge is -2.32. The van der Waals surface area contributed by atoms with Crippen molar-refractivity contribution in [1.82, 2.24) is 14.8 Å². The molecule has 2 N–H and O–H groups in total. The molecule has 0 spiro atoms. The van der Waals surface area contributed by atoms with E-state index in [1.807, 2.05) is 19.1 Å². The Bertz CT molecular complexity index is 1200. The number of hydrogen-bond donors (Lipinski definition) is 2. The van der Waals surface area contributed by atoms with Crippen LogP contribution in [0.4, 0.5) is 0 Å². The molecule has 0 amide bonds. The van der Waals surface area contributed by atoms with Gasteiger partial charge >= 0.3 is 0 Å². The van der Waals surface area contributed by atoms with Gasteiger partial charge in [-0.15, -0.1) is 12.4 Å². The largest absolute Gasteiger partial charge is 0.508 e. The van der Waals surface area contributed by atoms with Crippen LogP contribution in [0.2, 0.25) is 0 Å². The van der Waals surface area contributed by atoms with Crippen molar-refractivity contribution in [3.8, 4) is 17.2 Å². The number of hydrogen-bond acceptors (Lipinski definition) is 6. The fourth-order valence-electron chi connectivity index (χ4n) is 4.83. The summed E-state index contributed by atoms with van der Waals surface area (Å²) in [5.74, 6) is 1.85. The number of nitrogens with one attached hydrogen (secondary N) is 1. The van der Waals surface area contributed by atoms with Crippen LogP contribution in [-0.4, -0.2) is 53.5 Å². The van der Waals surface area contributed by atoms with Crippen LogP contribution in [0.5, 0.6) is 17.2 Å². The Morgan fingerprint density at radius 2 is 1.76 bits per heavy atom. The van der Waals surface area contributed by atoms with E-state index in [0.717, 1.165) is 67.0 Å². The molecule has 7 nitrogen and oxygen atoms in total. The Morgan fingerprint density at radius 1 is 1.00 bits per heavy atom. The fourth-order valence-corrected chi connectivity index (χ4v) is 4.83. The second kappa shape index (κ2) is 10.7. The molecule has 0 atom stereocenters. The molecule has 34 heavy (non-hydrogen) atoms. The van der Waals surface area contributed by atoms with E-state index in [-0.39, 0.29) is 23.7 Å². The zero-order valence-corrected chi connectivity index (χ0v) is 20.3. The minimum absolute atomic E-state index is 0. The number of phenols is 1. The van der Waals surface area contributed by atoms with Crippen molar-refractivity contribution in [2.45, 2.75) is 38.9 Å². The highest BCUT2D eigenvalue weighted by Crippen LogP contribution is 2.30. The molecule has 0 unspecified atom stereocenters. The summed E-state index contributed by atoms with van der Waals surface area (Å²) in [5, 5.41) is 14.6. The number of halogens is 1. The summed E-state index contributed by atoms with van der Waals surface area (Å²) >= 11 is 0. The number of phenolic OH excluding ortho intramolecular Hbond substituents is 1. The van der Waals surface area contributed by atoms with Crippen LogP contribution < -0.4 is 20.3 Å². The minimum Gasteiger partial charge on any atom is -0.508 e. The lowest BCUT2D eigenvalue weighted by atomic mass is 10.0. The lowest BCUT2D eigenvalue weighted by molar-refractivity contribution is 0.171. The molecule has 1 aromatic heterocycles. The topological polar surface area (TPSA) is 76.0 Å². The Morgan fingerprint density at radius 3 is 2.56 bits per heavy atom. The van der Waals surface area contributed by atoms with Crippen molar-refractivity contribution in [3.63, 3.8) is 0 Å². The van der Waals surface area contributed by atoms with Gasteiger partial charge < -0.3 is 29.4 Å². The summed E-state index contributed by atoms with van der Waals surface area (Å²) in [4.78, 5) is 15.1. The van der Waals surface area contributed by atoms with Crippen LogP contribution in [0, 0.1) is 6.92 Å². The number of pyridine rings is 1. The Labute approximate surface area is 205 Å². The standard InChI is InChI=1S/C26H31N3O4.ClH/c1-18-14-26(31)29(23-16-21(30)3-4-22(18)23)11-10-28-8-6-20(7-9-28)27-17-19-2-5-24-25(15-19)33-13-12-32-24;/h2-5,14-16,20,27,30H,6-13,17H2,1H3;1H. The molecule has 5 rings (SSSR count). The summed E-state index contributed by atoms with van der Waals surface area (Å²) in [7, 11) is 0. The quantitative estimate of drug-likeness (QED) is 0.557. The van der Waals surface area contributed by atoms with E-state index < -0.39 is 0 Å². The van der Waals surface area contributed by atoms with Crippen LogP contribution in [-0.2, 0) is 13.1 Å². The first-order valence-corrected chi connectivity index (χ1v) is 11.7. The van der Waals surface area contributed by atoms with Crippen LogP contribution in [0.25, 0.3) is 10.9 Å². The highest BCUT2D eigenvalue weighted by atomic mass is 35.5. The minimum atomic E-state index is -0.0124. The van der Waals surface area contributed by atoms with Gasteiger partial charge in [0.05, 0.1) is 5.52 Å². The molecule has 0 bridgehead atoms. The Hall–Kier alpha value is -2.74. The van der Waals surface area contributed by atoms with Gasteiger partial charge in [-0.25, -0.2) is 0 Å². The van der Waals surface area contributed by atoms with Crippen molar-refractivity contribution >= 4 is 23.3 Å². The average Bonchev–Trinajstić information content (AvgIpc) is 2.83. The van der Waals surface area contributed by atoms with E-state index in [2.05, 4.69) is 22.3 Å². The third-order valence-electron chi connectivity index (χ3n) is 6.73. The summed E-state index contributed by atoms with van der Waals surface area (Å²) < 4.78 is 13.1. The molecule has 2 aliphatic rings. The van der Waals surface area contributed by atoms with Crippen molar-refractivity contribution in [2.75, 3.05) is 32.8 Å². The van der Waals surface area contributed by atoms with Crippen molar-refractivity contribution in [3.05, 3.63) is 63.9 Å². The summed E-state index contributed by atoms with van der Waals surface area (Å²) in [6.07, 6.45) is 2.16. The first-order chi connectivity index (χ1) is 16.1. The van der Waals surface area contributed by atoms with Gasteiger partial charge in [-0.2, -0.15) is 0 Å². The Balaban J connectivity index is 0.00000274. The molecule has 1 fully saturated rings. The number of likely N-dealkylation sites (tertiary alicyclic amines) is 1. The maximum atomic E-state index is 12.6. The predicted octanol–water partition coefficient (Wildman–Crippen LogP) is 3.46. The summed E-state index contributed by atoms with van der Waals surface area (Å²) in [6, 6.07) is 13.6. The third kappa shape index (κ3) is 5.32. The number of aromatic hydroxyl groups is 1. The molecule has 0 aliphatic carbocycles. The van der Waals surface area contributed by atoms with E-state index >= 15 is 0 Å². The molecule has 2 aromatic carbocycles. The van der Waals surface area contributed by atoms with Gasteiger partial charge in [0.25, 0.3) is 5.56 Å². The molecule has 1 saturated heterocycles. The number of piperidine rings is 1. The van der Waals surface area contributed by atoms with Crippen molar-refractivity contribution < 1.29 is 14.6 Å². The number of rotatable bonds is 6. The molecule has 182 valence electrons. The van der Waals surface area contributed by atoms with E-state index in [4.69, 9.17) is 9.47 Å². The van der Waals surface area contributed by atoms with E-state index in [9.17, 15) is 9.90 Å². The van der Waals surface area contributed by atoms with E-state index in [1.54, 1.807) is 22.8 Å². The SMILES string of the molecule is Cc1cc(=O)n(CCN2CCC(NCc3ccc4c(c3)OCCO4)CC2)c2cc(O)ccc12.Cl. The first-order valence-electron chi connectivity index (χ1n) is 11.7. The molecule has 3 heterocycles. The van der Waals surface area contributed by atoms with Gasteiger partial charge in [0, 0.05) is 43.2 Å². The van der Waals surface area contributed by atoms with Gasteiger partial charge in [0.2, 0.25) is 0 Å². The van der Waals surface area contributed by atoms with Gasteiger partial charge in [0.1, 0.15) is 19.0 Å². The molecule has 0 saturated carbocycles. The Kier molecular flexibility index (Phi) is 7.66. The zero-order chi connectivity index (χ0) is 22.8. The van der Waals surface area contributed by atoms with Crippen LogP contribution in [0.15, 0.2) is 47.3 Å². The molecular formula is C26H32ClN3O4. The number of fused-ring (bicyclic) bond motifs is 2. The van der Waals surface area contributed by atoms with Crippen LogP contribution in [0.3, 0.4) is 0 Å². The maximum absolute atomic E-state index is 12.6. The molecule has 0 radical (unpaired) electrons. The number of aryl methyl sites for hydroxylation is 1. The third-order valence-corrected chi connectivity index (χ3v) is 6.73. The molecular weight excluding hydrogens is 454 g/mol. The van der Waals surface area contributed by atoms with Crippen LogP contribution >= 0.6 is 12.4 Å². The van der Waals surface area contributed by atoms with Crippen molar-refractivity contribution in [2.24, 2.45) is 0 Å². The van der Waals surface area contributed by atoms with Gasteiger partial charge in [0.15, 0.2) is 11.5 Å². The monoisotopic (exact) mass is 485 g/mol. The van der Waals surface area contributed by atoms with E-state index in [0.29, 0.717) is 25.8 Å². The summed E-state index contributed by atoms with van der Waals surface area (Å²) in [5.41, 5.74) is 2.93. The van der Waals surface area contributed by atoms with Gasteiger partial charge in [-0.1, -0.05) is 6.07 Å².